The maximum atomic E-state index is 13.4. The first-order valence-electron chi connectivity index (χ1n) is 9.47. The number of imidazole rings is 1. The summed E-state index contributed by atoms with van der Waals surface area (Å²) < 4.78 is 13.4. The van der Waals surface area contributed by atoms with E-state index in [1.165, 1.54) is 28.4 Å². The lowest BCUT2D eigenvalue weighted by atomic mass is 9.77. The van der Waals surface area contributed by atoms with Crippen molar-refractivity contribution in [1.82, 2.24) is 15.0 Å². The highest BCUT2D eigenvalue weighted by Crippen LogP contribution is 2.41. The van der Waals surface area contributed by atoms with Gasteiger partial charge in [0.2, 0.25) is 0 Å². The van der Waals surface area contributed by atoms with Gasteiger partial charge in [0.25, 0.3) is 0 Å². The molecule has 0 radical (unpaired) electrons. The Labute approximate surface area is 159 Å². The molecule has 3 nitrogen and oxygen atoms in total. The van der Waals surface area contributed by atoms with E-state index < -0.39 is 0 Å². The predicted octanol–water partition coefficient (Wildman–Crippen LogP) is 5.19. The zero-order valence-electron chi connectivity index (χ0n) is 15.0. The number of nitrogens with zero attached hydrogens (tertiary/aromatic N) is 2. The summed E-state index contributed by atoms with van der Waals surface area (Å²) in [5.74, 6) is 1.75. The smallest absolute Gasteiger partial charge is 0.125 e. The van der Waals surface area contributed by atoms with Crippen molar-refractivity contribution in [3.05, 3.63) is 65.9 Å². The van der Waals surface area contributed by atoms with Crippen LogP contribution in [0.1, 0.15) is 48.9 Å². The van der Waals surface area contributed by atoms with Gasteiger partial charge < -0.3 is 4.98 Å². The fraction of sp³-hybridized carbons (Fsp3) is 0.273. The molecule has 1 aliphatic rings. The number of halogens is 1. The Morgan fingerprint density at radius 3 is 2.56 bits per heavy atom. The van der Waals surface area contributed by atoms with E-state index in [-0.39, 0.29) is 5.82 Å². The van der Waals surface area contributed by atoms with Crippen molar-refractivity contribution in [2.75, 3.05) is 0 Å². The third kappa shape index (κ3) is 3.12. The van der Waals surface area contributed by atoms with Crippen LogP contribution in [0.2, 0.25) is 0 Å². The second-order valence-corrected chi connectivity index (χ2v) is 8.18. The molecule has 0 saturated heterocycles. The molecule has 2 heterocycles. The number of aromatic nitrogens is 3. The summed E-state index contributed by atoms with van der Waals surface area (Å²) >= 11 is 0. The topological polar surface area (TPSA) is 41.6 Å². The van der Waals surface area contributed by atoms with Gasteiger partial charge >= 0.3 is 0 Å². The van der Waals surface area contributed by atoms with E-state index in [0.29, 0.717) is 11.8 Å². The molecule has 0 amide bonds. The first kappa shape index (κ1) is 16.8. The maximum absolute atomic E-state index is 13.4. The quantitative estimate of drug-likeness (QED) is 0.488. The highest BCUT2D eigenvalue weighted by Gasteiger charge is 2.26. The number of benzene rings is 2. The largest absolute Gasteiger partial charge is 0.342 e. The van der Waals surface area contributed by atoms with Crippen LogP contribution in [-0.2, 0) is 0 Å². The van der Waals surface area contributed by atoms with Crippen LogP contribution in [0, 0.1) is 5.82 Å². The average Bonchev–Trinajstić information content (AvgIpc) is 3.11. The van der Waals surface area contributed by atoms with Gasteiger partial charge in [-0.3, -0.25) is 4.98 Å². The molecule has 5 rings (SSSR count). The molecule has 1 N–H and O–H groups in total. The van der Waals surface area contributed by atoms with Crippen molar-refractivity contribution < 1.29 is 4.39 Å². The van der Waals surface area contributed by atoms with E-state index in [1.54, 1.807) is 6.07 Å². The fourth-order valence-corrected chi connectivity index (χ4v) is 4.68. The Kier molecular flexibility index (Phi) is 4.17. The van der Waals surface area contributed by atoms with Crippen LogP contribution in [0.3, 0.4) is 0 Å². The molecule has 136 valence electrons. The van der Waals surface area contributed by atoms with E-state index in [2.05, 4.69) is 43.5 Å². The third-order valence-electron chi connectivity index (χ3n) is 5.82. The van der Waals surface area contributed by atoms with Crippen molar-refractivity contribution in [3.63, 3.8) is 0 Å². The molecule has 27 heavy (non-hydrogen) atoms. The van der Waals surface area contributed by atoms with Crippen LogP contribution in [0.5, 0.6) is 0 Å². The molecule has 0 bridgehead atoms. The third-order valence-corrected chi connectivity index (χ3v) is 6.17. The van der Waals surface area contributed by atoms with Gasteiger partial charge in [-0.1, -0.05) is 6.07 Å². The predicted molar refractivity (Wildman–Crippen MR) is 111 cm³/mol. The molecule has 1 fully saturated rings. The van der Waals surface area contributed by atoms with Gasteiger partial charge in [0, 0.05) is 17.5 Å². The highest BCUT2D eigenvalue weighted by molar-refractivity contribution is 7.27. The second kappa shape index (κ2) is 6.69. The number of hydrogen-bond acceptors (Lipinski definition) is 2. The molecule has 2 aromatic heterocycles. The molecule has 0 aliphatic heterocycles. The van der Waals surface area contributed by atoms with Crippen LogP contribution in [0.25, 0.3) is 21.9 Å². The summed E-state index contributed by atoms with van der Waals surface area (Å²) in [5.41, 5.74) is 4.12. The number of aromatic amines is 1. The van der Waals surface area contributed by atoms with E-state index in [1.807, 2.05) is 6.20 Å². The minimum Gasteiger partial charge on any atom is -0.342 e. The summed E-state index contributed by atoms with van der Waals surface area (Å²) in [4.78, 5) is 12.6. The summed E-state index contributed by atoms with van der Waals surface area (Å²) in [6.45, 7) is 0. The maximum Gasteiger partial charge on any atom is 0.125 e. The van der Waals surface area contributed by atoms with Gasteiger partial charge in [0.1, 0.15) is 11.6 Å². The lowest BCUT2D eigenvalue weighted by molar-refractivity contribution is 0.388. The lowest BCUT2D eigenvalue weighted by Crippen LogP contribution is -2.13. The molecular formula is C22H21FN3P. The Balaban J connectivity index is 1.39. The van der Waals surface area contributed by atoms with Gasteiger partial charge in [-0.15, -0.1) is 9.24 Å². The zero-order valence-corrected chi connectivity index (χ0v) is 16.1. The lowest BCUT2D eigenvalue weighted by Gasteiger charge is -2.28. The molecule has 5 heteroatoms. The van der Waals surface area contributed by atoms with Crippen LogP contribution in [0.15, 0.2) is 48.7 Å². The van der Waals surface area contributed by atoms with Crippen molar-refractivity contribution in [3.8, 4) is 0 Å². The summed E-state index contributed by atoms with van der Waals surface area (Å²) in [6, 6.07) is 13.3. The van der Waals surface area contributed by atoms with Gasteiger partial charge in [0.15, 0.2) is 0 Å². The van der Waals surface area contributed by atoms with E-state index in [9.17, 15) is 4.39 Å². The zero-order chi connectivity index (χ0) is 18.4. The minimum absolute atomic E-state index is 0.223. The standard InChI is InChI=1S/C22H21FN3P/c23-15-5-7-20-21(11-15)26-22(25-20)14-3-1-13(2-4-14)17-9-10-24-19-8-6-16(27)12-18(17)19/h5-14H,1-4,27H2,(H,25,26). The van der Waals surface area contributed by atoms with Crippen LogP contribution in [0.4, 0.5) is 4.39 Å². The minimum atomic E-state index is -0.223. The Morgan fingerprint density at radius 2 is 1.70 bits per heavy atom. The van der Waals surface area contributed by atoms with Crippen molar-refractivity contribution in [1.29, 1.82) is 0 Å². The number of fused-ring (bicyclic) bond motifs is 2. The van der Waals surface area contributed by atoms with E-state index in [4.69, 9.17) is 4.98 Å². The molecule has 4 aromatic rings. The van der Waals surface area contributed by atoms with E-state index >= 15 is 0 Å². The number of pyridine rings is 1. The fourth-order valence-electron chi connectivity index (χ4n) is 4.41. The Hall–Kier alpha value is -2.32. The first-order chi connectivity index (χ1) is 13.2. The average molecular weight is 377 g/mol. The monoisotopic (exact) mass is 377 g/mol. The van der Waals surface area contributed by atoms with Gasteiger partial charge in [0.05, 0.1) is 16.6 Å². The summed E-state index contributed by atoms with van der Waals surface area (Å²) in [7, 11) is 2.78. The van der Waals surface area contributed by atoms with E-state index in [0.717, 1.165) is 48.1 Å². The number of hydrogen-bond donors (Lipinski definition) is 1. The van der Waals surface area contributed by atoms with Gasteiger partial charge in [-0.25, -0.2) is 9.37 Å². The summed E-state index contributed by atoms with van der Waals surface area (Å²) in [6.07, 6.45) is 6.39. The normalized spacial score (nSPS) is 20.4. The molecule has 1 saturated carbocycles. The number of nitrogens with one attached hydrogen (secondary N) is 1. The molecule has 1 atom stereocenters. The number of H-pyrrole nitrogens is 1. The molecule has 1 unspecified atom stereocenters. The van der Waals surface area contributed by atoms with Crippen molar-refractivity contribution in [2.24, 2.45) is 0 Å². The van der Waals surface area contributed by atoms with Crippen molar-refractivity contribution in [2.45, 2.75) is 37.5 Å². The summed E-state index contributed by atoms with van der Waals surface area (Å²) in [5, 5.41) is 2.47. The second-order valence-electron chi connectivity index (χ2n) is 7.51. The SMILES string of the molecule is Fc1ccc2nc(C3CCC(c4ccnc5ccc(P)cc45)CC3)[nH]c2c1. The Morgan fingerprint density at radius 1 is 0.926 bits per heavy atom. The Bertz CT molecular complexity index is 1130. The van der Waals surface area contributed by atoms with Crippen LogP contribution < -0.4 is 5.30 Å². The van der Waals surface area contributed by atoms with Gasteiger partial charge in [-0.05, 0) is 78.9 Å². The molecular weight excluding hydrogens is 356 g/mol. The van der Waals surface area contributed by atoms with Gasteiger partial charge in [-0.2, -0.15) is 0 Å². The highest BCUT2D eigenvalue weighted by atomic mass is 31.0. The molecule has 2 aromatic carbocycles. The van der Waals surface area contributed by atoms with Crippen LogP contribution >= 0.6 is 9.24 Å². The van der Waals surface area contributed by atoms with Crippen LogP contribution in [-0.4, -0.2) is 15.0 Å². The molecule has 1 aliphatic carbocycles. The number of rotatable bonds is 2. The first-order valence-corrected chi connectivity index (χ1v) is 10.0. The molecule has 0 spiro atoms. The van der Waals surface area contributed by atoms with Crippen molar-refractivity contribution >= 4 is 36.5 Å².